The van der Waals surface area contributed by atoms with E-state index in [2.05, 4.69) is 27.7 Å². The number of benzene rings is 1. The molecule has 2 atom stereocenters. The van der Waals surface area contributed by atoms with Gasteiger partial charge in [0.15, 0.2) is 0 Å². The monoisotopic (exact) mass is 372 g/mol. The van der Waals surface area contributed by atoms with E-state index in [1.54, 1.807) is 47.8 Å². The van der Waals surface area contributed by atoms with E-state index in [-0.39, 0.29) is 11.2 Å². The first-order valence-electron chi connectivity index (χ1n) is 8.18. The molecule has 0 saturated carbocycles. The van der Waals surface area contributed by atoms with E-state index in [9.17, 15) is 15.0 Å². The van der Waals surface area contributed by atoms with Gasteiger partial charge in [0, 0.05) is 10.5 Å². The lowest BCUT2D eigenvalue weighted by atomic mass is 10.1. The van der Waals surface area contributed by atoms with E-state index < -0.39 is 18.2 Å². The summed E-state index contributed by atoms with van der Waals surface area (Å²) in [5, 5.41) is 21.2. The molecular formula is C18H28O4S2. The van der Waals surface area contributed by atoms with Crippen LogP contribution in [0, 0.1) is 0 Å². The summed E-state index contributed by atoms with van der Waals surface area (Å²) in [6.45, 7) is 8.25. The number of rotatable bonds is 10. The molecule has 0 heterocycles. The Morgan fingerprint density at radius 3 is 2.04 bits per heavy atom. The molecule has 0 bridgehead atoms. The summed E-state index contributed by atoms with van der Waals surface area (Å²) in [7, 11) is 0. The summed E-state index contributed by atoms with van der Waals surface area (Å²) in [5.41, 5.74) is 0.433. The fraction of sp³-hybridized carbons (Fsp3) is 0.611. The van der Waals surface area contributed by atoms with Crippen LogP contribution in [0.15, 0.2) is 30.3 Å². The van der Waals surface area contributed by atoms with Gasteiger partial charge >= 0.3 is 5.97 Å². The number of carbonyl (C=O) groups is 1. The van der Waals surface area contributed by atoms with Crippen molar-refractivity contribution < 1.29 is 19.7 Å². The molecule has 0 fully saturated rings. The normalized spacial score (nSPS) is 14.2. The molecule has 6 heteroatoms. The zero-order chi connectivity index (χ0) is 18.1. The minimum atomic E-state index is -1.08. The van der Waals surface area contributed by atoms with Crippen LogP contribution in [0.4, 0.5) is 0 Å². The summed E-state index contributed by atoms with van der Waals surface area (Å²) in [4.78, 5) is 11.9. The van der Waals surface area contributed by atoms with E-state index in [0.29, 0.717) is 22.5 Å². The molecule has 0 radical (unpaired) electrons. The van der Waals surface area contributed by atoms with Gasteiger partial charge in [-0.3, -0.25) is 0 Å². The number of hydrogen-bond donors (Lipinski definition) is 2. The fourth-order valence-electron chi connectivity index (χ4n) is 2.03. The van der Waals surface area contributed by atoms with Crippen LogP contribution in [0.1, 0.15) is 44.5 Å². The average Bonchev–Trinajstić information content (AvgIpc) is 2.51. The first kappa shape index (κ1) is 21.4. The van der Waals surface area contributed by atoms with Crippen molar-refractivity contribution in [2.24, 2.45) is 0 Å². The third-order valence-corrected chi connectivity index (χ3v) is 5.87. The van der Waals surface area contributed by atoms with Crippen LogP contribution in [0.2, 0.25) is 0 Å². The van der Waals surface area contributed by atoms with Crippen molar-refractivity contribution in [3.05, 3.63) is 35.9 Å². The largest absolute Gasteiger partial charge is 0.459 e. The lowest BCUT2D eigenvalue weighted by Gasteiger charge is -2.25. The van der Waals surface area contributed by atoms with Crippen LogP contribution in [-0.2, 0) is 4.74 Å². The quantitative estimate of drug-likeness (QED) is 0.483. The molecule has 136 valence electrons. The second-order valence-electron chi connectivity index (χ2n) is 6.13. The summed E-state index contributed by atoms with van der Waals surface area (Å²) in [6, 6.07) is 8.62. The molecule has 24 heavy (non-hydrogen) atoms. The summed E-state index contributed by atoms with van der Waals surface area (Å²) in [5.74, 6) is -0.494. The number of carbonyl (C=O) groups excluding carboxylic acids is 1. The predicted octanol–water partition coefficient (Wildman–Crippen LogP) is 3.56. The number of esters is 1. The van der Waals surface area contributed by atoms with Crippen molar-refractivity contribution in [1.82, 2.24) is 0 Å². The highest BCUT2D eigenvalue weighted by atomic mass is 32.2. The standard InChI is InChI=1S/C18H28O4S2/c1-12(2)23-17(24-13(3)4)10-15(19)16(20)11-22-18(21)14-8-6-5-7-9-14/h5-9,12-13,15-17,19-20H,10-11H2,1-4H3/t15-,16-/m1/s1. The predicted molar refractivity (Wildman–Crippen MR) is 103 cm³/mol. The molecule has 1 aromatic carbocycles. The van der Waals surface area contributed by atoms with Crippen LogP contribution in [0.3, 0.4) is 0 Å². The van der Waals surface area contributed by atoms with Gasteiger partial charge in [-0.25, -0.2) is 4.79 Å². The Morgan fingerprint density at radius 1 is 1.00 bits per heavy atom. The molecule has 0 aliphatic rings. The fourth-order valence-corrected chi connectivity index (χ4v) is 5.46. The smallest absolute Gasteiger partial charge is 0.338 e. The second-order valence-corrected chi connectivity index (χ2v) is 10.0. The van der Waals surface area contributed by atoms with Crippen molar-refractivity contribution in [1.29, 1.82) is 0 Å². The maximum atomic E-state index is 11.9. The van der Waals surface area contributed by atoms with Gasteiger partial charge in [0.2, 0.25) is 0 Å². The summed E-state index contributed by atoms with van der Waals surface area (Å²) < 4.78 is 5.29. The van der Waals surface area contributed by atoms with Crippen molar-refractivity contribution in [3.63, 3.8) is 0 Å². The number of ether oxygens (including phenoxy) is 1. The van der Waals surface area contributed by atoms with Crippen molar-refractivity contribution >= 4 is 29.5 Å². The molecule has 0 aliphatic carbocycles. The van der Waals surface area contributed by atoms with E-state index in [0.717, 1.165) is 0 Å². The Hall–Kier alpha value is -0.690. The molecule has 2 N–H and O–H groups in total. The topological polar surface area (TPSA) is 66.8 Å². The Kier molecular flexibility index (Phi) is 9.81. The third-order valence-electron chi connectivity index (χ3n) is 3.12. The zero-order valence-corrected chi connectivity index (χ0v) is 16.3. The third kappa shape index (κ3) is 8.42. The first-order chi connectivity index (χ1) is 11.3. The highest BCUT2D eigenvalue weighted by molar-refractivity contribution is 8.17. The molecule has 0 aliphatic heterocycles. The number of aliphatic hydroxyl groups is 2. The van der Waals surface area contributed by atoms with Crippen molar-refractivity contribution in [2.45, 2.75) is 61.4 Å². The van der Waals surface area contributed by atoms with Gasteiger partial charge in [0.05, 0.1) is 16.2 Å². The van der Waals surface area contributed by atoms with Gasteiger partial charge in [-0.1, -0.05) is 45.9 Å². The van der Waals surface area contributed by atoms with Gasteiger partial charge in [-0.2, -0.15) is 0 Å². The molecular weight excluding hydrogens is 344 g/mol. The van der Waals surface area contributed by atoms with E-state index in [4.69, 9.17) is 4.74 Å². The molecule has 0 saturated heterocycles. The Balaban J connectivity index is 2.47. The lowest BCUT2D eigenvalue weighted by molar-refractivity contribution is -0.0283. The minimum Gasteiger partial charge on any atom is -0.459 e. The van der Waals surface area contributed by atoms with Crippen LogP contribution in [0.5, 0.6) is 0 Å². The van der Waals surface area contributed by atoms with Gasteiger partial charge in [0.1, 0.15) is 12.7 Å². The van der Waals surface area contributed by atoms with Gasteiger partial charge in [-0.05, 0) is 18.6 Å². The highest BCUT2D eigenvalue weighted by Gasteiger charge is 2.24. The summed E-state index contributed by atoms with van der Waals surface area (Å²) >= 11 is 3.56. The van der Waals surface area contributed by atoms with Gasteiger partial charge in [-0.15, -0.1) is 23.5 Å². The zero-order valence-electron chi connectivity index (χ0n) is 14.7. The Bertz CT molecular complexity index is 469. The first-order valence-corrected chi connectivity index (χ1v) is 10.1. The maximum absolute atomic E-state index is 11.9. The lowest BCUT2D eigenvalue weighted by Crippen LogP contribution is -2.33. The molecule has 0 unspecified atom stereocenters. The number of aliphatic hydroxyl groups excluding tert-OH is 2. The van der Waals surface area contributed by atoms with E-state index >= 15 is 0 Å². The van der Waals surface area contributed by atoms with Crippen molar-refractivity contribution in [2.75, 3.05) is 6.61 Å². The van der Waals surface area contributed by atoms with E-state index in [1.807, 2.05) is 6.07 Å². The van der Waals surface area contributed by atoms with Gasteiger partial charge in [0.25, 0.3) is 0 Å². The van der Waals surface area contributed by atoms with Crippen molar-refractivity contribution in [3.8, 4) is 0 Å². The summed E-state index contributed by atoms with van der Waals surface area (Å²) in [6.07, 6.45) is -1.55. The average molecular weight is 373 g/mol. The maximum Gasteiger partial charge on any atom is 0.338 e. The van der Waals surface area contributed by atoms with Crippen LogP contribution < -0.4 is 0 Å². The Labute approximate surface area is 153 Å². The second kappa shape index (κ2) is 11.0. The van der Waals surface area contributed by atoms with E-state index in [1.165, 1.54) is 0 Å². The molecule has 0 amide bonds. The SMILES string of the molecule is CC(C)SC(C[C@@H](O)[C@H](O)COC(=O)c1ccccc1)SC(C)C. The molecule has 4 nitrogen and oxygen atoms in total. The van der Waals surface area contributed by atoms with Crippen LogP contribution in [-0.4, -0.2) is 50.1 Å². The van der Waals surface area contributed by atoms with Crippen LogP contribution in [0.25, 0.3) is 0 Å². The van der Waals surface area contributed by atoms with Gasteiger partial charge < -0.3 is 14.9 Å². The highest BCUT2D eigenvalue weighted by Crippen LogP contribution is 2.34. The minimum absolute atomic E-state index is 0.194. The Morgan fingerprint density at radius 2 is 1.54 bits per heavy atom. The molecule has 0 spiro atoms. The number of hydrogen-bond acceptors (Lipinski definition) is 6. The number of thioether (sulfide) groups is 2. The van der Waals surface area contributed by atoms with Crippen LogP contribution >= 0.6 is 23.5 Å². The molecule has 1 aromatic rings. The molecule has 0 aromatic heterocycles. The molecule has 1 rings (SSSR count).